The molecule has 3 aromatic heterocycles. The van der Waals surface area contributed by atoms with E-state index in [1.807, 2.05) is 50.4 Å². The molecule has 0 saturated carbocycles. The summed E-state index contributed by atoms with van der Waals surface area (Å²) >= 11 is 0. The zero-order chi connectivity index (χ0) is 20.6. The van der Waals surface area contributed by atoms with Crippen molar-refractivity contribution >= 4 is 21.4 Å². The van der Waals surface area contributed by atoms with Crippen molar-refractivity contribution in [1.29, 1.82) is 0 Å². The molecule has 0 spiro atoms. The van der Waals surface area contributed by atoms with Gasteiger partial charge in [0.25, 0.3) is 5.16 Å². The molecule has 0 bridgehead atoms. The van der Waals surface area contributed by atoms with E-state index in [1.165, 1.54) is 0 Å². The summed E-state index contributed by atoms with van der Waals surface area (Å²) in [5, 5.41) is 11.6. The lowest BCUT2D eigenvalue weighted by molar-refractivity contribution is 0.592. The van der Waals surface area contributed by atoms with Crippen molar-refractivity contribution in [2.45, 2.75) is 31.5 Å². The van der Waals surface area contributed by atoms with E-state index in [4.69, 9.17) is 0 Å². The first-order valence-electron chi connectivity index (χ1n) is 9.12. The number of fused-ring (bicyclic) bond motifs is 1. The summed E-state index contributed by atoms with van der Waals surface area (Å²) in [4.78, 5) is 8.47. The van der Waals surface area contributed by atoms with E-state index in [-0.39, 0.29) is 11.1 Å². The molecule has 0 unspecified atom stereocenters. The normalized spacial score (nSPS) is 12.0. The average Bonchev–Trinajstić information content (AvgIpc) is 3.35. The van der Waals surface area contributed by atoms with Crippen LogP contribution in [0.2, 0.25) is 0 Å². The molecule has 1 N–H and O–H groups in total. The second-order valence-corrected chi connectivity index (χ2v) is 8.93. The number of para-hydroxylation sites is 1. The van der Waals surface area contributed by atoms with Gasteiger partial charge in [-0.2, -0.15) is 24.7 Å². The molecule has 1 aromatic carbocycles. The van der Waals surface area contributed by atoms with Gasteiger partial charge in [0.15, 0.2) is 5.65 Å². The second kappa shape index (κ2) is 7.28. The first kappa shape index (κ1) is 19.1. The summed E-state index contributed by atoms with van der Waals surface area (Å²) in [5.74, 6) is 0.459. The predicted molar refractivity (Wildman–Crippen MR) is 109 cm³/mol. The van der Waals surface area contributed by atoms with Crippen LogP contribution >= 0.6 is 0 Å². The molecule has 0 atom stereocenters. The number of rotatable bonds is 6. The van der Waals surface area contributed by atoms with Crippen LogP contribution in [0.15, 0.2) is 54.1 Å². The van der Waals surface area contributed by atoms with Crippen LogP contribution in [-0.2, 0) is 16.4 Å². The smallest absolute Gasteiger partial charge is 0.252 e. The van der Waals surface area contributed by atoms with Crippen LogP contribution in [0.4, 0.5) is 5.95 Å². The highest BCUT2D eigenvalue weighted by Gasteiger charge is 2.20. The van der Waals surface area contributed by atoms with Gasteiger partial charge in [0, 0.05) is 30.8 Å². The van der Waals surface area contributed by atoms with Gasteiger partial charge in [0.2, 0.25) is 15.8 Å². The topological polar surface area (TPSA) is 107 Å². The number of nitrogens with one attached hydrogen (secondary N) is 1. The van der Waals surface area contributed by atoms with E-state index in [2.05, 4.69) is 25.5 Å². The Morgan fingerprint density at radius 3 is 2.59 bits per heavy atom. The maximum atomic E-state index is 12.1. The van der Waals surface area contributed by atoms with E-state index in [9.17, 15) is 8.42 Å². The summed E-state index contributed by atoms with van der Waals surface area (Å²) in [7, 11) is -3.58. The van der Waals surface area contributed by atoms with Gasteiger partial charge in [-0.25, -0.2) is 13.1 Å². The SMILES string of the molecule is CC(C)c1cnn2c(NCc3ccccc3-n3cccn3)nc(S(C)(=O)=O)nc12. The lowest BCUT2D eigenvalue weighted by Gasteiger charge is -2.12. The summed E-state index contributed by atoms with van der Waals surface area (Å²) in [6, 6.07) is 9.67. The van der Waals surface area contributed by atoms with Crippen LogP contribution < -0.4 is 5.32 Å². The van der Waals surface area contributed by atoms with Crippen molar-refractivity contribution in [3.63, 3.8) is 0 Å². The van der Waals surface area contributed by atoms with Crippen LogP contribution in [0.1, 0.15) is 30.9 Å². The minimum absolute atomic E-state index is 0.142. The number of hydrogen-bond donors (Lipinski definition) is 1. The fourth-order valence-electron chi connectivity index (χ4n) is 3.03. The Morgan fingerprint density at radius 2 is 1.90 bits per heavy atom. The van der Waals surface area contributed by atoms with Gasteiger partial charge in [-0.05, 0) is 23.6 Å². The number of hydrogen-bond acceptors (Lipinski definition) is 7. The van der Waals surface area contributed by atoms with Crippen molar-refractivity contribution < 1.29 is 8.42 Å². The van der Waals surface area contributed by atoms with Crippen molar-refractivity contribution in [2.75, 3.05) is 11.6 Å². The molecule has 9 nitrogen and oxygen atoms in total. The fourth-order valence-corrected chi connectivity index (χ4v) is 3.54. The predicted octanol–water partition coefficient (Wildman–Crippen LogP) is 2.45. The van der Waals surface area contributed by atoms with E-state index in [0.29, 0.717) is 18.1 Å². The van der Waals surface area contributed by atoms with Crippen molar-refractivity contribution in [2.24, 2.45) is 0 Å². The molecule has 0 saturated heterocycles. The van der Waals surface area contributed by atoms with Crippen LogP contribution in [0, 0.1) is 0 Å². The third kappa shape index (κ3) is 3.70. The van der Waals surface area contributed by atoms with E-state index in [1.54, 1.807) is 21.6 Å². The Morgan fingerprint density at radius 1 is 1.10 bits per heavy atom. The molecule has 0 aliphatic carbocycles. The van der Waals surface area contributed by atoms with E-state index in [0.717, 1.165) is 23.1 Å². The number of benzene rings is 1. The number of aromatic nitrogens is 6. The summed E-state index contributed by atoms with van der Waals surface area (Å²) < 4.78 is 27.6. The summed E-state index contributed by atoms with van der Waals surface area (Å²) in [6.45, 7) is 4.42. The van der Waals surface area contributed by atoms with Gasteiger partial charge in [0.05, 0.1) is 11.9 Å². The second-order valence-electron chi connectivity index (χ2n) is 7.02. The lowest BCUT2D eigenvalue weighted by atomic mass is 10.1. The van der Waals surface area contributed by atoms with Crippen molar-refractivity contribution in [1.82, 2.24) is 29.4 Å². The molecule has 3 heterocycles. The Balaban J connectivity index is 1.76. The van der Waals surface area contributed by atoms with Crippen molar-refractivity contribution in [3.05, 3.63) is 60.0 Å². The Hall–Kier alpha value is -3.27. The van der Waals surface area contributed by atoms with Gasteiger partial charge in [-0.3, -0.25) is 0 Å². The van der Waals surface area contributed by atoms with Gasteiger partial charge in [-0.1, -0.05) is 32.0 Å². The van der Waals surface area contributed by atoms with Gasteiger partial charge < -0.3 is 5.32 Å². The average molecular weight is 411 g/mol. The number of sulfone groups is 1. The molecule has 29 heavy (non-hydrogen) atoms. The third-order valence-electron chi connectivity index (χ3n) is 4.51. The van der Waals surface area contributed by atoms with E-state index >= 15 is 0 Å². The molecule has 0 radical (unpaired) electrons. The minimum atomic E-state index is -3.58. The zero-order valence-corrected chi connectivity index (χ0v) is 17.1. The fraction of sp³-hybridized carbons (Fsp3) is 0.263. The molecule has 10 heteroatoms. The Bertz CT molecular complexity index is 1260. The summed E-state index contributed by atoms with van der Waals surface area (Å²) in [5.41, 5.74) is 3.23. The quantitative estimate of drug-likeness (QED) is 0.519. The largest absolute Gasteiger partial charge is 0.350 e. The Labute approximate surface area is 168 Å². The highest BCUT2D eigenvalue weighted by atomic mass is 32.2. The first-order chi connectivity index (χ1) is 13.8. The molecule has 0 fully saturated rings. The standard InChI is InChI=1S/C19H21N7O2S/c1-13(2)15-12-22-26-17(15)23-19(29(3,27)28)24-18(26)20-11-14-7-4-5-8-16(14)25-10-6-9-21-25/h4-10,12-13H,11H2,1-3H3,(H,20,23,24). The van der Waals surface area contributed by atoms with E-state index < -0.39 is 9.84 Å². The van der Waals surface area contributed by atoms with Crippen LogP contribution in [-0.4, -0.2) is 44.0 Å². The van der Waals surface area contributed by atoms with Gasteiger partial charge >= 0.3 is 0 Å². The first-order valence-corrected chi connectivity index (χ1v) is 11.0. The van der Waals surface area contributed by atoms with Gasteiger partial charge in [0.1, 0.15) is 0 Å². The molecule has 150 valence electrons. The molecule has 0 amide bonds. The molecule has 4 rings (SSSR count). The molecule has 0 aliphatic rings. The van der Waals surface area contributed by atoms with Gasteiger partial charge in [-0.15, -0.1) is 0 Å². The molecule has 4 aromatic rings. The van der Waals surface area contributed by atoms with Crippen LogP contribution in [0.25, 0.3) is 11.3 Å². The third-order valence-corrected chi connectivity index (χ3v) is 5.35. The highest BCUT2D eigenvalue weighted by Crippen LogP contribution is 2.23. The Kier molecular flexibility index (Phi) is 4.79. The molecule has 0 aliphatic heterocycles. The van der Waals surface area contributed by atoms with Crippen molar-refractivity contribution in [3.8, 4) is 5.69 Å². The highest BCUT2D eigenvalue weighted by molar-refractivity contribution is 7.90. The van der Waals surface area contributed by atoms with Crippen LogP contribution in [0.3, 0.4) is 0 Å². The zero-order valence-electron chi connectivity index (χ0n) is 16.3. The maximum absolute atomic E-state index is 12.1. The monoisotopic (exact) mass is 411 g/mol. The number of nitrogens with zero attached hydrogens (tertiary/aromatic N) is 6. The summed E-state index contributed by atoms with van der Waals surface area (Å²) in [6.07, 6.45) is 6.38. The lowest BCUT2D eigenvalue weighted by Crippen LogP contribution is -2.14. The maximum Gasteiger partial charge on any atom is 0.252 e. The minimum Gasteiger partial charge on any atom is -0.350 e. The molecular formula is C19H21N7O2S. The number of anilines is 1. The van der Waals surface area contributed by atoms with Crippen LogP contribution in [0.5, 0.6) is 0 Å². The molecular weight excluding hydrogens is 390 g/mol.